The van der Waals surface area contributed by atoms with Crippen LogP contribution in [0.5, 0.6) is 0 Å². The molecule has 1 heterocycles. The third-order valence-corrected chi connectivity index (χ3v) is 4.77. The van der Waals surface area contributed by atoms with Gasteiger partial charge < -0.3 is 10.2 Å². The molecule has 4 heteroatoms. The lowest BCUT2D eigenvalue weighted by Crippen LogP contribution is -2.47. The summed E-state index contributed by atoms with van der Waals surface area (Å²) in [6, 6.07) is 18.5. The largest absolute Gasteiger partial charge is 0.355 e. The summed E-state index contributed by atoms with van der Waals surface area (Å²) in [5.41, 5.74) is 3.43. The van der Waals surface area contributed by atoms with Gasteiger partial charge in [-0.3, -0.25) is 9.69 Å². The number of amides is 1. The van der Waals surface area contributed by atoms with Crippen LogP contribution < -0.4 is 5.32 Å². The second kappa shape index (κ2) is 8.79. The first kappa shape index (κ1) is 17.6. The Morgan fingerprint density at radius 3 is 2.24 bits per heavy atom. The van der Waals surface area contributed by atoms with Crippen molar-refractivity contribution < 1.29 is 4.79 Å². The summed E-state index contributed by atoms with van der Waals surface area (Å²) in [6.45, 7) is 6.07. The molecule has 0 aromatic heterocycles. The topological polar surface area (TPSA) is 35.6 Å². The van der Waals surface area contributed by atoms with Crippen molar-refractivity contribution in [3.8, 4) is 11.1 Å². The minimum atomic E-state index is 0.0987. The van der Waals surface area contributed by atoms with Crippen LogP contribution in [-0.4, -0.2) is 62.0 Å². The van der Waals surface area contributed by atoms with E-state index in [1.165, 1.54) is 11.1 Å². The molecule has 1 aliphatic rings. The van der Waals surface area contributed by atoms with Gasteiger partial charge in [0.25, 0.3) is 0 Å². The molecule has 25 heavy (non-hydrogen) atoms. The van der Waals surface area contributed by atoms with Crippen molar-refractivity contribution in [2.75, 3.05) is 46.3 Å². The molecule has 0 bridgehead atoms. The third kappa shape index (κ3) is 5.41. The minimum Gasteiger partial charge on any atom is -0.355 e. The number of piperazine rings is 1. The number of likely N-dealkylation sites (N-methyl/N-ethyl adjacent to an activating group) is 1. The SMILES string of the molecule is CN1CCN(CCNC(=O)Cc2ccc(-c3ccccc3)cc2)CC1. The number of carbonyl (C=O) groups is 1. The monoisotopic (exact) mass is 337 g/mol. The Morgan fingerprint density at radius 1 is 0.920 bits per heavy atom. The molecule has 1 saturated heterocycles. The first-order valence-corrected chi connectivity index (χ1v) is 9.03. The van der Waals surface area contributed by atoms with Gasteiger partial charge in [0.15, 0.2) is 0 Å². The Bertz CT molecular complexity index is 661. The van der Waals surface area contributed by atoms with Gasteiger partial charge in [0, 0.05) is 39.3 Å². The van der Waals surface area contributed by atoms with Gasteiger partial charge in [-0.1, -0.05) is 54.6 Å². The van der Waals surface area contributed by atoms with Crippen LogP contribution in [-0.2, 0) is 11.2 Å². The molecular formula is C21H27N3O. The average Bonchev–Trinajstić information content (AvgIpc) is 2.65. The fraction of sp³-hybridized carbons (Fsp3) is 0.381. The summed E-state index contributed by atoms with van der Waals surface area (Å²) in [4.78, 5) is 16.9. The maximum absolute atomic E-state index is 12.1. The predicted molar refractivity (Wildman–Crippen MR) is 103 cm³/mol. The maximum Gasteiger partial charge on any atom is 0.224 e. The van der Waals surface area contributed by atoms with Crippen LogP contribution in [0, 0.1) is 0 Å². The first-order valence-electron chi connectivity index (χ1n) is 9.03. The van der Waals surface area contributed by atoms with Crippen molar-refractivity contribution in [3.63, 3.8) is 0 Å². The van der Waals surface area contributed by atoms with Gasteiger partial charge in [-0.15, -0.1) is 0 Å². The number of benzene rings is 2. The molecule has 1 amide bonds. The smallest absolute Gasteiger partial charge is 0.224 e. The zero-order chi connectivity index (χ0) is 17.5. The van der Waals surface area contributed by atoms with Gasteiger partial charge in [0.05, 0.1) is 6.42 Å². The Labute approximate surface area is 150 Å². The van der Waals surface area contributed by atoms with E-state index in [1.807, 2.05) is 30.3 Å². The van der Waals surface area contributed by atoms with Crippen molar-refractivity contribution in [1.82, 2.24) is 15.1 Å². The van der Waals surface area contributed by atoms with Crippen molar-refractivity contribution in [3.05, 3.63) is 60.2 Å². The molecule has 1 aliphatic heterocycles. The lowest BCUT2D eigenvalue weighted by atomic mass is 10.0. The van der Waals surface area contributed by atoms with E-state index >= 15 is 0 Å². The second-order valence-electron chi connectivity index (χ2n) is 6.73. The molecule has 1 fully saturated rings. The number of hydrogen-bond acceptors (Lipinski definition) is 3. The molecule has 4 nitrogen and oxygen atoms in total. The Morgan fingerprint density at radius 2 is 1.56 bits per heavy atom. The van der Waals surface area contributed by atoms with Crippen LogP contribution >= 0.6 is 0 Å². The molecule has 1 N–H and O–H groups in total. The first-order chi connectivity index (χ1) is 12.2. The summed E-state index contributed by atoms with van der Waals surface area (Å²) >= 11 is 0. The molecule has 2 aromatic carbocycles. The van der Waals surface area contributed by atoms with E-state index in [0.29, 0.717) is 6.42 Å². The number of nitrogens with zero attached hydrogens (tertiary/aromatic N) is 2. The second-order valence-corrected chi connectivity index (χ2v) is 6.73. The predicted octanol–water partition coefficient (Wildman–Crippen LogP) is 2.26. The van der Waals surface area contributed by atoms with E-state index < -0.39 is 0 Å². The van der Waals surface area contributed by atoms with Crippen LogP contribution in [0.2, 0.25) is 0 Å². The molecule has 132 valence electrons. The average molecular weight is 337 g/mol. The molecule has 2 aromatic rings. The highest BCUT2D eigenvalue weighted by molar-refractivity contribution is 5.78. The normalized spacial score (nSPS) is 15.9. The molecule has 0 atom stereocenters. The van der Waals surface area contributed by atoms with Crippen LogP contribution in [0.1, 0.15) is 5.56 Å². The Kier molecular flexibility index (Phi) is 6.20. The van der Waals surface area contributed by atoms with Gasteiger partial charge >= 0.3 is 0 Å². The lowest BCUT2D eigenvalue weighted by molar-refractivity contribution is -0.120. The zero-order valence-corrected chi connectivity index (χ0v) is 14.9. The number of carbonyl (C=O) groups excluding carboxylic acids is 1. The molecule has 0 aliphatic carbocycles. The lowest BCUT2D eigenvalue weighted by Gasteiger charge is -2.32. The fourth-order valence-corrected chi connectivity index (χ4v) is 3.12. The van der Waals surface area contributed by atoms with Crippen LogP contribution in [0.3, 0.4) is 0 Å². The van der Waals surface area contributed by atoms with E-state index in [0.717, 1.165) is 44.8 Å². The minimum absolute atomic E-state index is 0.0987. The van der Waals surface area contributed by atoms with E-state index in [4.69, 9.17) is 0 Å². The highest BCUT2D eigenvalue weighted by Gasteiger charge is 2.13. The van der Waals surface area contributed by atoms with Crippen molar-refractivity contribution >= 4 is 5.91 Å². The van der Waals surface area contributed by atoms with Gasteiger partial charge in [-0.05, 0) is 23.7 Å². The summed E-state index contributed by atoms with van der Waals surface area (Å²) < 4.78 is 0. The standard InChI is InChI=1S/C21H27N3O/c1-23-13-15-24(16-14-23)12-11-22-21(25)17-18-7-9-20(10-8-18)19-5-3-2-4-6-19/h2-10H,11-17H2,1H3,(H,22,25). The van der Waals surface area contributed by atoms with E-state index in [2.05, 4.69) is 46.4 Å². The van der Waals surface area contributed by atoms with Gasteiger partial charge in [-0.25, -0.2) is 0 Å². The van der Waals surface area contributed by atoms with Gasteiger partial charge in [-0.2, -0.15) is 0 Å². The summed E-state index contributed by atoms with van der Waals surface area (Å²) in [7, 11) is 2.15. The summed E-state index contributed by atoms with van der Waals surface area (Å²) in [5, 5.41) is 3.04. The van der Waals surface area contributed by atoms with Crippen molar-refractivity contribution in [2.24, 2.45) is 0 Å². The zero-order valence-electron chi connectivity index (χ0n) is 14.9. The number of rotatable bonds is 6. The quantitative estimate of drug-likeness (QED) is 0.878. The molecule has 3 rings (SSSR count). The highest BCUT2D eigenvalue weighted by atomic mass is 16.1. The highest BCUT2D eigenvalue weighted by Crippen LogP contribution is 2.19. The molecule has 0 spiro atoms. The summed E-state index contributed by atoms with van der Waals surface area (Å²) in [5.74, 6) is 0.0987. The Balaban J connectivity index is 1.42. The van der Waals surface area contributed by atoms with Crippen molar-refractivity contribution in [1.29, 1.82) is 0 Å². The number of hydrogen-bond donors (Lipinski definition) is 1. The molecule has 0 radical (unpaired) electrons. The summed E-state index contributed by atoms with van der Waals surface area (Å²) in [6.07, 6.45) is 0.442. The molecule has 0 saturated carbocycles. The van der Waals surface area contributed by atoms with Gasteiger partial charge in [0.1, 0.15) is 0 Å². The van der Waals surface area contributed by atoms with E-state index in [9.17, 15) is 4.79 Å². The van der Waals surface area contributed by atoms with E-state index in [-0.39, 0.29) is 5.91 Å². The molecular weight excluding hydrogens is 310 g/mol. The molecule has 0 unspecified atom stereocenters. The van der Waals surface area contributed by atoms with Crippen LogP contribution in [0.15, 0.2) is 54.6 Å². The Hall–Kier alpha value is -2.17. The maximum atomic E-state index is 12.1. The number of nitrogens with one attached hydrogen (secondary N) is 1. The van der Waals surface area contributed by atoms with Crippen LogP contribution in [0.4, 0.5) is 0 Å². The third-order valence-electron chi connectivity index (χ3n) is 4.77. The van der Waals surface area contributed by atoms with Gasteiger partial charge in [0.2, 0.25) is 5.91 Å². The van der Waals surface area contributed by atoms with Crippen LogP contribution in [0.25, 0.3) is 11.1 Å². The van der Waals surface area contributed by atoms with Crippen molar-refractivity contribution in [2.45, 2.75) is 6.42 Å². The van der Waals surface area contributed by atoms with E-state index in [1.54, 1.807) is 0 Å². The fourth-order valence-electron chi connectivity index (χ4n) is 3.12.